The zero-order valence-electron chi connectivity index (χ0n) is 16.7. The highest BCUT2D eigenvalue weighted by atomic mass is 32.1. The molecule has 0 aliphatic carbocycles. The van der Waals surface area contributed by atoms with Gasteiger partial charge in [-0.3, -0.25) is 4.79 Å². The van der Waals surface area contributed by atoms with E-state index in [1.54, 1.807) is 16.9 Å². The number of alkyl halides is 3. The van der Waals surface area contributed by atoms with Crippen LogP contribution < -0.4 is 5.32 Å². The molecule has 0 unspecified atom stereocenters. The van der Waals surface area contributed by atoms with Crippen molar-refractivity contribution >= 4 is 27.3 Å². The van der Waals surface area contributed by atoms with Gasteiger partial charge in [0.15, 0.2) is 0 Å². The van der Waals surface area contributed by atoms with Gasteiger partial charge in [-0.25, -0.2) is 4.68 Å². The van der Waals surface area contributed by atoms with Gasteiger partial charge in [0.2, 0.25) is 0 Å². The van der Waals surface area contributed by atoms with Crippen LogP contribution in [0.15, 0.2) is 60.9 Å². The van der Waals surface area contributed by atoms with Gasteiger partial charge >= 0.3 is 6.18 Å². The van der Waals surface area contributed by atoms with E-state index in [1.165, 1.54) is 29.7 Å². The van der Waals surface area contributed by atoms with E-state index in [-0.39, 0.29) is 5.91 Å². The second kappa shape index (κ2) is 8.55. The molecule has 4 nitrogen and oxygen atoms in total. The van der Waals surface area contributed by atoms with E-state index < -0.39 is 11.7 Å². The summed E-state index contributed by atoms with van der Waals surface area (Å²) in [5, 5.41) is 8.15. The molecule has 2 aromatic heterocycles. The Hall–Kier alpha value is -3.13. The first-order valence-corrected chi connectivity index (χ1v) is 10.7. The highest BCUT2D eigenvalue weighted by molar-refractivity contribution is 7.19. The highest BCUT2D eigenvalue weighted by Crippen LogP contribution is 2.34. The third-order valence-electron chi connectivity index (χ3n) is 4.83. The molecule has 1 N–H and O–H groups in total. The zero-order chi connectivity index (χ0) is 22.0. The van der Waals surface area contributed by atoms with Crippen molar-refractivity contribution < 1.29 is 18.0 Å². The van der Waals surface area contributed by atoms with Crippen LogP contribution in [0.1, 0.15) is 39.7 Å². The number of rotatable bonds is 6. The van der Waals surface area contributed by atoms with Crippen molar-refractivity contribution in [2.45, 2.75) is 25.9 Å². The van der Waals surface area contributed by atoms with E-state index in [0.29, 0.717) is 24.1 Å². The molecule has 4 aromatic rings. The Labute approximate surface area is 181 Å². The smallest absolute Gasteiger partial charge is 0.352 e. The number of fused-ring (bicyclic) bond motifs is 1. The number of thiophene rings is 1. The van der Waals surface area contributed by atoms with E-state index >= 15 is 0 Å². The first kappa shape index (κ1) is 21.1. The molecular formula is C23H20F3N3OS. The molecule has 0 fully saturated rings. The number of amides is 1. The number of aromatic nitrogens is 2. The van der Waals surface area contributed by atoms with Crippen LogP contribution in [-0.4, -0.2) is 22.2 Å². The van der Waals surface area contributed by atoms with Crippen molar-refractivity contribution in [2.24, 2.45) is 0 Å². The molecule has 0 aliphatic rings. The third kappa shape index (κ3) is 4.64. The number of halogens is 3. The number of nitrogens with one attached hydrogen (secondary N) is 1. The van der Waals surface area contributed by atoms with Gasteiger partial charge in [0.25, 0.3) is 5.91 Å². The van der Waals surface area contributed by atoms with Gasteiger partial charge in [-0.1, -0.05) is 37.3 Å². The van der Waals surface area contributed by atoms with E-state index in [1.807, 2.05) is 31.2 Å². The molecule has 0 radical (unpaired) electrons. The molecule has 0 aliphatic heterocycles. The van der Waals surface area contributed by atoms with Crippen molar-refractivity contribution in [1.29, 1.82) is 0 Å². The lowest BCUT2D eigenvalue weighted by atomic mass is 10.1. The molecule has 4 rings (SSSR count). The number of nitrogens with zero attached hydrogens (tertiary/aromatic N) is 2. The van der Waals surface area contributed by atoms with Gasteiger partial charge in [0.1, 0.15) is 0 Å². The van der Waals surface area contributed by atoms with Gasteiger partial charge in [-0.05, 0) is 35.6 Å². The Balaban J connectivity index is 1.63. The molecule has 0 atom stereocenters. The van der Waals surface area contributed by atoms with Crippen LogP contribution in [-0.2, 0) is 12.6 Å². The molecule has 0 saturated carbocycles. The maximum absolute atomic E-state index is 13.0. The second-order valence-electron chi connectivity index (χ2n) is 7.21. The molecular weight excluding hydrogens is 423 g/mol. The first-order valence-electron chi connectivity index (χ1n) is 9.86. The average Bonchev–Trinajstić information content (AvgIpc) is 3.38. The quantitative estimate of drug-likeness (QED) is 0.407. The lowest BCUT2D eigenvalue weighted by molar-refractivity contribution is -0.137. The minimum Gasteiger partial charge on any atom is -0.352 e. The number of hydrogen-bond acceptors (Lipinski definition) is 3. The average molecular weight is 443 g/mol. The molecule has 160 valence electrons. The van der Waals surface area contributed by atoms with Crippen molar-refractivity contribution in [3.63, 3.8) is 0 Å². The fourth-order valence-electron chi connectivity index (χ4n) is 3.34. The number of benzene rings is 2. The Morgan fingerprint density at radius 1 is 1.16 bits per heavy atom. The molecule has 2 heterocycles. The maximum atomic E-state index is 13.0. The van der Waals surface area contributed by atoms with Crippen molar-refractivity contribution in [3.8, 4) is 5.69 Å². The van der Waals surface area contributed by atoms with Crippen LogP contribution >= 0.6 is 11.3 Å². The Morgan fingerprint density at radius 2 is 1.97 bits per heavy atom. The largest absolute Gasteiger partial charge is 0.416 e. The predicted octanol–water partition coefficient (Wildman–Crippen LogP) is 5.84. The summed E-state index contributed by atoms with van der Waals surface area (Å²) in [5.74, 6) is -0.170. The molecule has 0 bridgehead atoms. The molecule has 0 saturated heterocycles. The fourth-order valence-corrected chi connectivity index (χ4v) is 4.54. The normalized spacial score (nSPS) is 11.7. The van der Waals surface area contributed by atoms with Gasteiger partial charge in [0.05, 0.1) is 27.7 Å². The minimum atomic E-state index is -4.36. The lowest BCUT2D eigenvalue weighted by Gasteiger charge is -2.08. The summed E-state index contributed by atoms with van der Waals surface area (Å²) in [7, 11) is 0. The summed E-state index contributed by atoms with van der Waals surface area (Å²) in [4.78, 5) is 13.1. The van der Waals surface area contributed by atoms with Crippen molar-refractivity contribution in [2.75, 3.05) is 6.54 Å². The topological polar surface area (TPSA) is 46.9 Å². The van der Waals surface area contributed by atoms with E-state index in [2.05, 4.69) is 10.4 Å². The summed E-state index contributed by atoms with van der Waals surface area (Å²) in [6, 6.07) is 13.2. The highest BCUT2D eigenvalue weighted by Gasteiger charge is 2.30. The van der Waals surface area contributed by atoms with Crippen LogP contribution in [0.3, 0.4) is 0 Å². The third-order valence-corrected chi connectivity index (χ3v) is 6.01. The fraction of sp³-hybridized carbons (Fsp3) is 0.217. The molecule has 2 aromatic carbocycles. The van der Waals surface area contributed by atoms with Crippen LogP contribution in [0.5, 0.6) is 0 Å². The summed E-state index contributed by atoms with van der Waals surface area (Å²) in [6.45, 7) is 2.58. The maximum Gasteiger partial charge on any atom is 0.416 e. The first-order chi connectivity index (χ1) is 14.8. The van der Waals surface area contributed by atoms with Gasteiger partial charge in [-0.2, -0.15) is 18.3 Å². The van der Waals surface area contributed by atoms with Gasteiger partial charge in [-0.15, -0.1) is 11.3 Å². The summed E-state index contributed by atoms with van der Waals surface area (Å²) < 4.78 is 41.6. The summed E-state index contributed by atoms with van der Waals surface area (Å²) in [6.07, 6.45) is 0.118. The molecule has 31 heavy (non-hydrogen) atoms. The van der Waals surface area contributed by atoms with Gasteiger partial charge in [0, 0.05) is 24.0 Å². The van der Waals surface area contributed by atoms with Crippen molar-refractivity contribution in [1.82, 2.24) is 15.1 Å². The Bertz CT molecular complexity index is 1230. The van der Waals surface area contributed by atoms with Crippen LogP contribution in [0, 0.1) is 0 Å². The summed E-state index contributed by atoms with van der Waals surface area (Å²) >= 11 is 1.52. The van der Waals surface area contributed by atoms with Gasteiger partial charge < -0.3 is 5.32 Å². The van der Waals surface area contributed by atoms with E-state index in [4.69, 9.17) is 0 Å². The SMILES string of the molecule is CCCNC(=O)c1cnn(-c2cccc3cc(Cc4cccc(C(F)(F)F)c4)sc23)c1. The van der Waals surface area contributed by atoms with Crippen molar-refractivity contribution in [3.05, 3.63) is 82.5 Å². The standard InChI is InChI=1S/C23H20F3N3OS/c1-2-9-27-22(30)17-13-28-29(14-17)20-8-4-6-16-12-19(31-21(16)20)11-15-5-3-7-18(10-15)23(24,25)26/h3-8,10,12-14H,2,9,11H2,1H3,(H,27,30). The number of carbonyl (C=O) groups excluding carboxylic acids is 1. The summed E-state index contributed by atoms with van der Waals surface area (Å²) in [5.41, 5.74) is 1.27. The lowest BCUT2D eigenvalue weighted by Crippen LogP contribution is -2.23. The van der Waals surface area contributed by atoms with E-state index in [0.717, 1.165) is 33.1 Å². The molecule has 0 spiro atoms. The minimum absolute atomic E-state index is 0.170. The Kier molecular flexibility index (Phi) is 5.82. The van der Waals surface area contributed by atoms with E-state index in [9.17, 15) is 18.0 Å². The predicted molar refractivity (Wildman–Crippen MR) is 116 cm³/mol. The number of carbonyl (C=O) groups is 1. The van der Waals surface area contributed by atoms with Crippen LogP contribution in [0.25, 0.3) is 15.8 Å². The molecule has 8 heteroatoms. The zero-order valence-corrected chi connectivity index (χ0v) is 17.6. The van der Waals surface area contributed by atoms with Crippen LogP contribution in [0.4, 0.5) is 13.2 Å². The van der Waals surface area contributed by atoms with Crippen LogP contribution in [0.2, 0.25) is 0 Å². The molecule has 1 amide bonds. The number of hydrogen-bond donors (Lipinski definition) is 1. The Morgan fingerprint density at radius 3 is 2.74 bits per heavy atom. The second-order valence-corrected chi connectivity index (χ2v) is 8.35. The monoisotopic (exact) mass is 443 g/mol.